The second kappa shape index (κ2) is 11.3. The Hall–Kier alpha value is -3.93. The molecule has 1 heterocycles. The standard InChI is InChI=1S/C28H28N2O4/c31-26(16-11-21-7-3-1-4-8-21)30-19-17-23(18-20-30)28(33)34-25-14-12-24(13-15-25)29-27(32)22-9-5-2-6-10-22/h1-10,12-15,23H,11,16-20H2,(H,29,32). The third-order valence-corrected chi connectivity index (χ3v) is 6.02. The number of carbonyl (C=O) groups excluding carboxylic acids is 3. The van der Waals surface area contributed by atoms with Crippen molar-refractivity contribution in [3.63, 3.8) is 0 Å². The van der Waals surface area contributed by atoms with Crippen LogP contribution < -0.4 is 10.1 Å². The van der Waals surface area contributed by atoms with Gasteiger partial charge in [0.1, 0.15) is 5.75 Å². The molecule has 1 N–H and O–H groups in total. The molecule has 0 atom stereocenters. The van der Waals surface area contributed by atoms with Crippen LogP contribution in [-0.4, -0.2) is 35.8 Å². The van der Waals surface area contributed by atoms with E-state index in [2.05, 4.69) is 5.32 Å². The van der Waals surface area contributed by atoms with E-state index in [4.69, 9.17) is 4.74 Å². The lowest BCUT2D eigenvalue weighted by Crippen LogP contribution is -2.41. The lowest BCUT2D eigenvalue weighted by Gasteiger charge is -2.31. The molecule has 0 bridgehead atoms. The van der Waals surface area contributed by atoms with Gasteiger partial charge in [-0.3, -0.25) is 14.4 Å². The zero-order valence-electron chi connectivity index (χ0n) is 19.0. The summed E-state index contributed by atoms with van der Waals surface area (Å²) in [5.74, 6) is -0.142. The van der Waals surface area contributed by atoms with E-state index < -0.39 is 0 Å². The predicted octanol–water partition coefficient (Wildman–Crippen LogP) is 4.72. The first kappa shape index (κ1) is 23.2. The van der Waals surface area contributed by atoms with Crippen molar-refractivity contribution < 1.29 is 19.1 Å². The number of aryl methyl sites for hydroxylation is 1. The van der Waals surface area contributed by atoms with Gasteiger partial charge in [-0.05, 0) is 61.2 Å². The van der Waals surface area contributed by atoms with E-state index in [1.807, 2.05) is 53.4 Å². The number of carbonyl (C=O) groups is 3. The molecular formula is C28H28N2O4. The molecule has 174 valence electrons. The topological polar surface area (TPSA) is 75.7 Å². The molecule has 0 spiro atoms. The van der Waals surface area contributed by atoms with Gasteiger partial charge in [0.05, 0.1) is 5.92 Å². The summed E-state index contributed by atoms with van der Waals surface area (Å²) in [5, 5.41) is 2.82. The van der Waals surface area contributed by atoms with Crippen LogP contribution in [0.2, 0.25) is 0 Å². The highest BCUT2D eigenvalue weighted by Gasteiger charge is 2.28. The normalized spacial score (nSPS) is 13.8. The van der Waals surface area contributed by atoms with Gasteiger partial charge < -0.3 is 15.0 Å². The Morgan fingerprint density at radius 2 is 1.44 bits per heavy atom. The molecule has 3 aromatic rings. The summed E-state index contributed by atoms with van der Waals surface area (Å²) in [5.41, 5.74) is 2.35. The molecule has 34 heavy (non-hydrogen) atoms. The lowest BCUT2D eigenvalue weighted by atomic mass is 9.96. The number of hydrogen-bond acceptors (Lipinski definition) is 4. The van der Waals surface area contributed by atoms with Crippen LogP contribution in [0.5, 0.6) is 5.75 Å². The van der Waals surface area contributed by atoms with Crippen LogP contribution in [0.4, 0.5) is 5.69 Å². The van der Waals surface area contributed by atoms with Gasteiger partial charge in [-0.15, -0.1) is 0 Å². The van der Waals surface area contributed by atoms with Crippen molar-refractivity contribution in [3.8, 4) is 5.75 Å². The minimum absolute atomic E-state index is 0.129. The van der Waals surface area contributed by atoms with Crippen molar-refractivity contribution in [2.45, 2.75) is 25.7 Å². The molecule has 4 rings (SSSR count). The molecule has 6 heteroatoms. The van der Waals surface area contributed by atoms with Crippen LogP contribution >= 0.6 is 0 Å². The fourth-order valence-electron chi connectivity index (χ4n) is 4.02. The molecular weight excluding hydrogens is 428 g/mol. The van der Waals surface area contributed by atoms with E-state index in [0.717, 1.165) is 12.0 Å². The van der Waals surface area contributed by atoms with Gasteiger partial charge in [0.25, 0.3) is 5.91 Å². The minimum Gasteiger partial charge on any atom is -0.426 e. The Morgan fingerprint density at radius 3 is 2.09 bits per heavy atom. The highest BCUT2D eigenvalue weighted by atomic mass is 16.5. The summed E-state index contributed by atoms with van der Waals surface area (Å²) in [6, 6.07) is 25.7. The highest BCUT2D eigenvalue weighted by Crippen LogP contribution is 2.23. The molecule has 0 unspecified atom stereocenters. The van der Waals surface area contributed by atoms with Gasteiger partial charge in [-0.1, -0.05) is 48.5 Å². The second-order valence-corrected chi connectivity index (χ2v) is 8.41. The van der Waals surface area contributed by atoms with E-state index in [1.165, 1.54) is 0 Å². The first-order valence-electron chi connectivity index (χ1n) is 11.6. The average Bonchev–Trinajstić information content (AvgIpc) is 2.89. The van der Waals surface area contributed by atoms with Gasteiger partial charge in [0.2, 0.25) is 5.91 Å². The maximum Gasteiger partial charge on any atom is 0.314 e. The molecule has 3 aromatic carbocycles. The number of amides is 2. The molecule has 0 aromatic heterocycles. The molecule has 1 aliphatic rings. The Bertz CT molecular complexity index is 1110. The predicted molar refractivity (Wildman–Crippen MR) is 131 cm³/mol. The number of likely N-dealkylation sites (tertiary alicyclic amines) is 1. The van der Waals surface area contributed by atoms with Crippen molar-refractivity contribution in [2.75, 3.05) is 18.4 Å². The first-order chi connectivity index (χ1) is 16.6. The second-order valence-electron chi connectivity index (χ2n) is 8.41. The number of anilines is 1. The summed E-state index contributed by atoms with van der Waals surface area (Å²) in [6.07, 6.45) is 2.40. The van der Waals surface area contributed by atoms with Crippen LogP contribution in [0.1, 0.15) is 35.2 Å². The number of hydrogen-bond donors (Lipinski definition) is 1. The zero-order valence-corrected chi connectivity index (χ0v) is 19.0. The minimum atomic E-state index is -0.280. The number of esters is 1. The molecule has 2 amide bonds. The third kappa shape index (κ3) is 6.32. The van der Waals surface area contributed by atoms with Crippen LogP contribution in [0.15, 0.2) is 84.9 Å². The number of benzene rings is 3. The van der Waals surface area contributed by atoms with E-state index >= 15 is 0 Å². The summed E-state index contributed by atoms with van der Waals surface area (Å²) in [4.78, 5) is 39.2. The Kier molecular flexibility index (Phi) is 7.71. The summed E-state index contributed by atoms with van der Waals surface area (Å²) in [6.45, 7) is 1.13. The van der Waals surface area contributed by atoms with Gasteiger partial charge in [0.15, 0.2) is 0 Å². The number of piperidine rings is 1. The average molecular weight is 457 g/mol. The van der Waals surface area contributed by atoms with Gasteiger partial charge in [-0.25, -0.2) is 0 Å². The van der Waals surface area contributed by atoms with Crippen molar-refractivity contribution in [1.82, 2.24) is 4.90 Å². The van der Waals surface area contributed by atoms with Crippen molar-refractivity contribution in [2.24, 2.45) is 5.92 Å². The molecule has 6 nitrogen and oxygen atoms in total. The molecule has 1 fully saturated rings. The monoisotopic (exact) mass is 456 g/mol. The maximum atomic E-state index is 12.6. The maximum absolute atomic E-state index is 12.6. The van der Waals surface area contributed by atoms with E-state index in [1.54, 1.807) is 36.4 Å². The van der Waals surface area contributed by atoms with Crippen molar-refractivity contribution in [3.05, 3.63) is 96.1 Å². The van der Waals surface area contributed by atoms with Crippen molar-refractivity contribution in [1.29, 1.82) is 0 Å². The molecule has 1 aliphatic heterocycles. The van der Waals surface area contributed by atoms with Gasteiger partial charge in [-0.2, -0.15) is 0 Å². The lowest BCUT2D eigenvalue weighted by molar-refractivity contribution is -0.143. The van der Waals surface area contributed by atoms with Gasteiger partial charge in [0, 0.05) is 30.8 Å². The highest BCUT2D eigenvalue weighted by molar-refractivity contribution is 6.04. The van der Waals surface area contributed by atoms with E-state index in [9.17, 15) is 14.4 Å². The van der Waals surface area contributed by atoms with Crippen LogP contribution in [0.3, 0.4) is 0 Å². The zero-order chi connectivity index (χ0) is 23.8. The summed E-state index contributed by atoms with van der Waals surface area (Å²) in [7, 11) is 0. The fourth-order valence-corrected chi connectivity index (χ4v) is 4.02. The summed E-state index contributed by atoms with van der Waals surface area (Å²) < 4.78 is 5.54. The number of ether oxygens (including phenoxy) is 1. The molecule has 0 radical (unpaired) electrons. The number of rotatable bonds is 7. The fraction of sp³-hybridized carbons (Fsp3) is 0.250. The van der Waals surface area contributed by atoms with Crippen LogP contribution in [0, 0.1) is 5.92 Å². The Balaban J connectivity index is 1.21. The molecule has 1 saturated heterocycles. The molecule has 0 saturated carbocycles. The Labute approximate surface area is 199 Å². The van der Waals surface area contributed by atoms with Gasteiger partial charge >= 0.3 is 5.97 Å². The SMILES string of the molecule is O=C(Nc1ccc(OC(=O)C2CCN(C(=O)CCc3ccccc3)CC2)cc1)c1ccccc1. The van der Waals surface area contributed by atoms with Crippen LogP contribution in [-0.2, 0) is 16.0 Å². The largest absolute Gasteiger partial charge is 0.426 e. The van der Waals surface area contributed by atoms with E-state index in [-0.39, 0.29) is 23.7 Å². The number of nitrogens with one attached hydrogen (secondary N) is 1. The Morgan fingerprint density at radius 1 is 0.824 bits per heavy atom. The summed E-state index contributed by atoms with van der Waals surface area (Å²) >= 11 is 0. The van der Waals surface area contributed by atoms with Crippen molar-refractivity contribution >= 4 is 23.5 Å². The van der Waals surface area contributed by atoms with Crippen LogP contribution in [0.25, 0.3) is 0 Å². The smallest absolute Gasteiger partial charge is 0.314 e. The molecule has 0 aliphatic carbocycles. The first-order valence-corrected chi connectivity index (χ1v) is 11.6. The quantitative estimate of drug-likeness (QED) is 0.413. The third-order valence-electron chi connectivity index (χ3n) is 6.02. The van der Waals surface area contributed by atoms with E-state index in [0.29, 0.717) is 49.4 Å². The number of nitrogens with zero attached hydrogens (tertiary/aromatic N) is 1.